The molecule has 0 saturated carbocycles. The fourth-order valence-electron chi connectivity index (χ4n) is 3.44. The first-order valence-electron chi connectivity index (χ1n) is 9.56. The summed E-state index contributed by atoms with van der Waals surface area (Å²) in [4.78, 5) is 22.8. The summed E-state index contributed by atoms with van der Waals surface area (Å²) in [6.45, 7) is 5.74. The van der Waals surface area contributed by atoms with Crippen LogP contribution in [0.5, 0.6) is 0 Å². The Morgan fingerprint density at radius 1 is 1.30 bits per heavy atom. The topological polar surface area (TPSA) is 81.2 Å². The summed E-state index contributed by atoms with van der Waals surface area (Å²) in [5, 5.41) is 8.76. The minimum absolute atomic E-state index is 0.110. The highest BCUT2D eigenvalue weighted by Gasteiger charge is 2.34. The molecule has 0 aliphatic carbocycles. The zero-order chi connectivity index (χ0) is 19.0. The lowest BCUT2D eigenvalue weighted by Crippen LogP contribution is -2.48. The van der Waals surface area contributed by atoms with Gasteiger partial charge in [0.05, 0.1) is 0 Å². The number of carbonyl (C=O) groups excluding carboxylic acids is 1. The molecule has 1 saturated heterocycles. The van der Waals surface area contributed by atoms with Crippen molar-refractivity contribution in [2.45, 2.75) is 44.9 Å². The van der Waals surface area contributed by atoms with Crippen LogP contribution in [0.2, 0.25) is 0 Å². The van der Waals surface area contributed by atoms with Gasteiger partial charge in [0.1, 0.15) is 6.33 Å². The van der Waals surface area contributed by atoms with E-state index in [1.54, 1.807) is 23.0 Å². The fraction of sp³-hybridized carbons (Fsp3) is 0.526. The highest BCUT2D eigenvalue weighted by Crippen LogP contribution is 2.28. The van der Waals surface area contributed by atoms with Crippen LogP contribution in [0.15, 0.2) is 24.7 Å². The Morgan fingerprint density at radius 3 is 2.81 bits per heavy atom. The molecule has 27 heavy (non-hydrogen) atoms. The molecule has 3 aromatic heterocycles. The van der Waals surface area contributed by atoms with E-state index < -0.39 is 0 Å². The van der Waals surface area contributed by atoms with Gasteiger partial charge in [-0.2, -0.15) is 5.10 Å². The van der Waals surface area contributed by atoms with Gasteiger partial charge in [-0.25, -0.2) is 14.5 Å². The van der Waals surface area contributed by atoms with Crippen LogP contribution in [0.1, 0.15) is 67.0 Å². The molecule has 8 nitrogen and oxygen atoms in total. The summed E-state index contributed by atoms with van der Waals surface area (Å²) in [5.41, 5.74) is 2.06. The van der Waals surface area contributed by atoms with Gasteiger partial charge in [-0.1, -0.05) is 32.8 Å². The molecule has 1 unspecified atom stereocenters. The standard InChI is InChI=1S/C19H25N7O/c1-4-5-6-13(2)17-21-16-8-7-14(11-26(16)23-17)15-9-25(10-15)19(27)18-20-12-24(3)22-18/h7-8,11-13,15H,4-6,9-10H2,1-3H3. The summed E-state index contributed by atoms with van der Waals surface area (Å²) in [6, 6.07) is 4.11. The lowest BCUT2D eigenvalue weighted by atomic mass is 9.92. The molecule has 0 spiro atoms. The van der Waals surface area contributed by atoms with E-state index in [0.29, 0.717) is 24.9 Å². The number of aryl methyl sites for hydroxylation is 1. The molecule has 4 rings (SSSR count). The predicted octanol–water partition coefficient (Wildman–Crippen LogP) is 2.39. The highest BCUT2D eigenvalue weighted by atomic mass is 16.2. The van der Waals surface area contributed by atoms with Gasteiger partial charge in [-0.15, -0.1) is 5.10 Å². The first kappa shape index (κ1) is 17.6. The number of carbonyl (C=O) groups is 1. The van der Waals surface area contributed by atoms with Crippen molar-refractivity contribution in [3.8, 4) is 0 Å². The number of nitrogens with zero attached hydrogens (tertiary/aromatic N) is 7. The third kappa shape index (κ3) is 3.43. The molecule has 0 aromatic carbocycles. The Hall–Kier alpha value is -2.77. The highest BCUT2D eigenvalue weighted by molar-refractivity contribution is 5.91. The summed E-state index contributed by atoms with van der Waals surface area (Å²) in [5.74, 6) is 1.74. The molecule has 4 heterocycles. The van der Waals surface area contributed by atoms with Crippen LogP contribution in [0, 0.1) is 0 Å². The van der Waals surface area contributed by atoms with Crippen molar-refractivity contribution in [1.82, 2.24) is 34.3 Å². The van der Waals surface area contributed by atoms with Gasteiger partial charge in [0.2, 0.25) is 5.82 Å². The van der Waals surface area contributed by atoms with Gasteiger partial charge in [0.25, 0.3) is 5.91 Å². The van der Waals surface area contributed by atoms with Crippen molar-refractivity contribution in [1.29, 1.82) is 0 Å². The Balaban J connectivity index is 1.43. The van der Waals surface area contributed by atoms with E-state index in [2.05, 4.69) is 40.1 Å². The van der Waals surface area contributed by atoms with Crippen molar-refractivity contribution in [2.24, 2.45) is 7.05 Å². The summed E-state index contributed by atoms with van der Waals surface area (Å²) in [7, 11) is 1.76. The third-order valence-electron chi connectivity index (χ3n) is 5.23. The largest absolute Gasteiger partial charge is 0.335 e. The van der Waals surface area contributed by atoms with Gasteiger partial charge >= 0.3 is 0 Å². The molecule has 1 fully saturated rings. The Bertz CT molecular complexity index is 954. The maximum atomic E-state index is 12.4. The number of rotatable bonds is 6. The van der Waals surface area contributed by atoms with E-state index in [9.17, 15) is 4.79 Å². The van der Waals surface area contributed by atoms with Crippen molar-refractivity contribution >= 4 is 11.6 Å². The summed E-state index contributed by atoms with van der Waals surface area (Å²) < 4.78 is 3.42. The summed E-state index contributed by atoms with van der Waals surface area (Å²) >= 11 is 0. The van der Waals surface area contributed by atoms with E-state index in [4.69, 9.17) is 0 Å². The van der Waals surface area contributed by atoms with E-state index in [0.717, 1.165) is 17.9 Å². The van der Waals surface area contributed by atoms with Gasteiger partial charge in [0, 0.05) is 38.2 Å². The van der Waals surface area contributed by atoms with Gasteiger partial charge in [-0.05, 0) is 18.1 Å². The minimum Gasteiger partial charge on any atom is -0.335 e. The van der Waals surface area contributed by atoms with Crippen LogP contribution in [-0.4, -0.2) is 53.3 Å². The number of hydrogen-bond donors (Lipinski definition) is 0. The SMILES string of the molecule is CCCCC(C)c1nc2ccc(C3CN(C(=O)c4ncn(C)n4)C3)cn2n1. The molecule has 8 heteroatoms. The second kappa shape index (κ2) is 7.09. The first-order chi connectivity index (χ1) is 13.0. The van der Waals surface area contributed by atoms with Crippen LogP contribution in [0.4, 0.5) is 0 Å². The van der Waals surface area contributed by atoms with Crippen molar-refractivity contribution < 1.29 is 4.79 Å². The number of aromatic nitrogens is 6. The molecule has 0 radical (unpaired) electrons. The predicted molar refractivity (Wildman–Crippen MR) is 101 cm³/mol. The molecular weight excluding hydrogens is 342 g/mol. The zero-order valence-corrected chi connectivity index (χ0v) is 16.0. The normalized spacial score (nSPS) is 15.9. The molecular formula is C19H25N7O. The zero-order valence-electron chi connectivity index (χ0n) is 16.0. The molecule has 142 valence electrons. The maximum absolute atomic E-state index is 12.4. The average molecular weight is 367 g/mol. The van der Waals surface area contributed by atoms with Crippen molar-refractivity contribution in [3.05, 3.63) is 41.9 Å². The molecule has 1 aliphatic heterocycles. The van der Waals surface area contributed by atoms with Crippen LogP contribution < -0.4 is 0 Å². The molecule has 1 amide bonds. The monoisotopic (exact) mass is 367 g/mol. The first-order valence-corrected chi connectivity index (χ1v) is 9.56. The quantitative estimate of drug-likeness (QED) is 0.668. The number of hydrogen-bond acceptors (Lipinski definition) is 5. The van der Waals surface area contributed by atoms with Crippen molar-refractivity contribution in [3.63, 3.8) is 0 Å². The number of pyridine rings is 1. The molecule has 1 atom stereocenters. The minimum atomic E-state index is -0.110. The van der Waals surface area contributed by atoms with Gasteiger partial charge in [0.15, 0.2) is 11.5 Å². The molecule has 0 N–H and O–H groups in total. The van der Waals surface area contributed by atoms with E-state index >= 15 is 0 Å². The van der Waals surface area contributed by atoms with Crippen LogP contribution in [0.3, 0.4) is 0 Å². The second-order valence-corrected chi connectivity index (χ2v) is 7.43. The Morgan fingerprint density at radius 2 is 2.11 bits per heavy atom. The van der Waals surface area contributed by atoms with E-state index in [-0.39, 0.29) is 11.7 Å². The number of unbranched alkanes of at least 4 members (excludes halogenated alkanes) is 1. The van der Waals surface area contributed by atoms with Gasteiger partial charge in [-0.3, -0.25) is 9.48 Å². The van der Waals surface area contributed by atoms with Crippen LogP contribution in [0.25, 0.3) is 5.65 Å². The van der Waals surface area contributed by atoms with E-state index in [1.165, 1.54) is 18.4 Å². The summed E-state index contributed by atoms with van der Waals surface area (Å²) in [6.07, 6.45) is 7.08. The number of likely N-dealkylation sites (tertiary alicyclic amines) is 1. The third-order valence-corrected chi connectivity index (χ3v) is 5.23. The van der Waals surface area contributed by atoms with Crippen LogP contribution >= 0.6 is 0 Å². The lowest BCUT2D eigenvalue weighted by molar-refractivity contribution is 0.0589. The maximum Gasteiger partial charge on any atom is 0.293 e. The lowest BCUT2D eigenvalue weighted by Gasteiger charge is -2.38. The second-order valence-electron chi connectivity index (χ2n) is 7.43. The molecule has 0 bridgehead atoms. The number of fused-ring (bicyclic) bond motifs is 1. The average Bonchev–Trinajstić information content (AvgIpc) is 3.24. The van der Waals surface area contributed by atoms with Crippen LogP contribution in [-0.2, 0) is 7.05 Å². The fourth-order valence-corrected chi connectivity index (χ4v) is 3.44. The Kier molecular flexibility index (Phi) is 4.63. The molecule has 1 aliphatic rings. The molecule has 3 aromatic rings. The van der Waals surface area contributed by atoms with Crippen molar-refractivity contribution in [2.75, 3.05) is 13.1 Å². The Labute approximate surface area is 158 Å². The smallest absolute Gasteiger partial charge is 0.293 e. The van der Waals surface area contributed by atoms with Gasteiger partial charge < -0.3 is 4.90 Å². The number of amides is 1. The van der Waals surface area contributed by atoms with E-state index in [1.807, 2.05) is 16.8 Å².